The quantitative estimate of drug-likeness (QED) is 0.899. The van der Waals surface area contributed by atoms with Crippen molar-refractivity contribution in [3.63, 3.8) is 0 Å². The first kappa shape index (κ1) is 13.7. The second kappa shape index (κ2) is 5.60. The molecule has 0 bridgehead atoms. The van der Waals surface area contributed by atoms with E-state index >= 15 is 0 Å². The van der Waals surface area contributed by atoms with Crippen molar-refractivity contribution in [1.82, 2.24) is 15.2 Å². The molecule has 1 aliphatic heterocycles. The van der Waals surface area contributed by atoms with Crippen molar-refractivity contribution < 1.29 is 9.59 Å². The molecule has 2 heterocycles. The maximum atomic E-state index is 12.1. The predicted octanol–water partition coefficient (Wildman–Crippen LogP) is 1.79. The first-order valence-corrected chi connectivity index (χ1v) is 7.33. The average molecular weight is 285 g/mol. The summed E-state index contributed by atoms with van der Waals surface area (Å²) in [5, 5.41) is 3.92. The number of aromatic nitrogens is 1. The summed E-state index contributed by atoms with van der Waals surface area (Å²) in [4.78, 5) is 29.1. The number of nitrogens with one attached hydrogen (secondary N) is 2. The second-order valence-electron chi connectivity index (χ2n) is 5.33. The molecule has 0 aliphatic carbocycles. The number of hydrogen-bond donors (Lipinski definition) is 2. The number of H-pyrrole nitrogens is 1. The van der Waals surface area contributed by atoms with Gasteiger partial charge >= 0.3 is 0 Å². The lowest BCUT2D eigenvalue weighted by Gasteiger charge is -2.23. The highest BCUT2D eigenvalue weighted by Gasteiger charge is 2.35. The van der Waals surface area contributed by atoms with Crippen LogP contribution in [0.1, 0.15) is 25.3 Å². The SMILES string of the molecule is CCNC(=O)C1CCC(=O)N1Cc1c[nH]c2ccccc12. The lowest BCUT2D eigenvalue weighted by molar-refractivity contribution is -0.135. The van der Waals surface area contributed by atoms with Crippen molar-refractivity contribution in [2.24, 2.45) is 0 Å². The van der Waals surface area contributed by atoms with Crippen LogP contribution in [0.5, 0.6) is 0 Å². The van der Waals surface area contributed by atoms with Gasteiger partial charge in [-0.3, -0.25) is 9.59 Å². The Hall–Kier alpha value is -2.30. The number of benzene rings is 1. The third kappa shape index (κ3) is 2.51. The topological polar surface area (TPSA) is 65.2 Å². The Kier molecular flexibility index (Phi) is 3.64. The Morgan fingerprint density at radius 3 is 3.05 bits per heavy atom. The maximum Gasteiger partial charge on any atom is 0.242 e. The molecule has 1 aromatic heterocycles. The zero-order valence-corrected chi connectivity index (χ0v) is 12.1. The van der Waals surface area contributed by atoms with Gasteiger partial charge in [-0.1, -0.05) is 18.2 Å². The van der Waals surface area contributed by atoms with Crippen LogP contribution in [0.3, 0.4) is 0 Å². The van der Waals surface area contributed by atoms with Gasteiger partial charge in [-0.2, -0.15) is 0 Å². The molecule has 110 valence electrons. The summed E-state index contributed by atoms with van der Waals surface area (Å²) in [6.07, 6.45) is 2.97. The standard InChI is InChI=1S/C16H19N3O2/c1-2-17-16(21)14-7-8-15(20)19(14)10-11-9-18-13-6-4-3-5-12(11)13/h3-6,9,14,18H,2,7-8,10H2,1H3,(H,17,21). The minimum atomic E-state index is -0.342. The highest BCUT2D eigenvalue weighted by atomic mass is 16.2. The van der Waals surface area contributed by atoms with Crippen LogP contribution in [0.15, 0.2) is 30.5 Å². The molecule has 2 N–H and O–H groups in total. The molecule has 0 radical (unpaired) electrons. The lowest BCUT2D eigenvalue weighted by Crippen LogP contribution is -2.44. The highest BCUT2D eigenvalue weighted by molar-refractivity contribution is 5.91. The van der Waals surface area contributed by atoms with E-state index in [-0.39, 0.29) is 17.9 Å². The summed E-state index contributed by atoms with van der Waals surface area (Å²) in [6.45, 7) is 2.95. The van der Waals surface area contributed by atoms with Crippen molar-refractivity contribution >= 4 is 22.7 Å². The van der Waals surface area contributed by atoms with E-state index < -0.39 is 0 Å². The van der Waals surface area contributed by atoms with Gasteiger partial charge in [-0.25, -0.2) is 0 Å². The molecule has 2 aromatic rings. The van der Waals surface area contributed by atoms with Gasteiger partial charge in [0, 0.05) is 36.6 Å². The molecule has 0 saturated carbocycles. The van der Waals surface area contributed by atoms with Crippen LogP contribution in [0.4, 0.5) is 0 Å². The molecule has 1 fully saturated rings. The van der Waals surface area contributed by atoms with Gasteiger partial charge in [0.2, 0.25) is 11.8 Å². The molecule has 1 aliphatic rings. The Morgan fingerprint density at radius 2 is 2.24 bits per heavy atom. The summed E-state index contributed by atoms with van der Waals surface area (Å²) in [5.41, 5.74) is 2.10. The van der Waals surface area contributed by atoms with Crippen LogP contribution < -0.4 is 5.32 Å². The van der Waals surface area contributed by atoms with E-state index in [1.807, 2.05) is 37.4 Å². The predicted molar refractivity (Wildman–Crippen MR) is 80.6 cm³/mol. The largest absolute Gasteiger partial charge is 0.361 e. The fourth-order valence-corrected chi connectivity index (χ4v) is 2.94. The number of hydrogen-bond acceptors (Lipinski definition) is 2. The van der Waals surface area contributed by atoms with E-state index in [9.17, 15) is 9.59 Å². The van der Waals surface area contributed by atoms with Crippen molar-refractivity contribution in [3.8, 4) is 0 Å². The third-order valence-corrected chi connectivity index (χ3v) is 4.00. The van der Waals surface area contributed by atoms with Gasteiger partial charge < -0.3 is 15.2 Å². The number of fused-ring (bicyclic) bond motifs is 1. The fraction of sp³-hybridized carbons (Fsp3) is 0.375. The Labute approximate surface area is 123 Å². The molecular formula is C16H19N3O2. The fourth-order valence-electron chi connectivity index (χ4n) is 2.94. The third-order valence-electron chi connectivity index (χ3n) is 4.00. The lowest BCUT2D eigenvalue weighted by atomic mass is 10.1. The number of likely N-dealkylation sites (N-methyl/N-ethyl adjacent to an activating group) is 1. The molecule has 5 heteroatoms. The molecule has 1 saturated heterocycles. The molecular weight excluding hydrogens is 266 g/mol. The first-order chi connectivity index (χ1) is 10.2. The van der Waals surface area contributed by atoms with Gasteiger partial charge in [-0.15, -0.1) is 0 Å². The summed E-state index contributed by atoms with van der Waals surface area (Å²) in [6, 6.07) is 7.65. The minimum Gasteiger partial charge on any atom is -0.361 e. The van der Waals surface area contributed by atoms with Crippen molar-refractivity contribution in [3.05, 3.63) is 36.0 Å². The molecule has 1 unspecified atom stereocenters. The van der Waals surface area contributed by atoms with E-state index in [0.717, 1.165) is 16.5 Å². The van der Waals surface area contributed by atoms with E-state index in [0.29, 0.717) is 25.9 Å². The normalized spacial score (nSPS) is 18.4. The van der Waals surface area contributed by atoms with E-state index in [1.54, 1.807) is 4.90 Å². The van der Waals surface area contributed by atoms with Gasteiger partial charge in [0.1, 0.15) is 6.04 Å². The van der Waals surface area contributed by atoms with E-state index in [1.165, 1.54) is 0 Å². The van der Waals surface area contributed by atoms with Crippen LogP contribution in [0.2, 0.25) is 0 Å². The summed E-state index contributed by atoms with van der Waals surface area (Å²) in [5.74, 6) is -0.000254. The van der Waals surface area contributed by atoms with E-state index in [4.69, 9.17) is 0 Å². The zero-order chi connectivity index (χ0) is 14.8. The molecule has 1 aromatic carbocycles. The van der Waals surface area contributed by atoms with Crippen LogP contribution >= 0.6 is 0 Å². The van der Waals surface area contributed by atoms with Gasteiger partial charge in [-0.05, 0) is 25.0 Å². The van der Waals surface area contributed by atoms with Crippen molar-refractivity contribution in [1.29, 1.82) is 0 Å². The number of amides is 2. The van der Waals surface area contributed by atoms with Gasteiger partial charge in [0.05, 0.1) is 0 Å². The molecule has 2 amide bonds. The number of aromatic amines is 1. The maximum absolute atomic E-state index is 12.1. The van der Waals surface area contributed by atoms with Crippen molar-refractivity contribution in [2.45, 2.75) is 32.4 Å². The van der Waals surface area contributed by atoms with Crippen molar-refractivity contribution in [2.75, 3.05) is 6.54 Å². The van der Waals surface area contributed by atoms with Gasteiger partial charge in [0.15, 0.2) is 0 Å². The molecule has 3 rings (SSSR count). The summed E-state index contributed by atoms with van der Waals surface area (Å²) < 4.78 is 0. The zero-order valence-electron chi connectivity index (χ0n) is 12.1. The van der Waals surface area contributed by atoms with E-state index in [2.05, 4.69) is 10.3 Å². The smallest absolute Gasteiger partial charge is 0.242 e. The number of likely N-dealkylation sites (tertiary alicyclic amines) is 1. The number of rotatable bonds is 4. The first-order valence-electron chi connectivity index (χ1n) is 7.33. The molecule has 5 nitrogen and oxygen atoms in total. The Morgan fingerprint density at radius 1 is 1.43 bits per heavy atom. The number of carbonyl (C=O) groups excluding carboxylic acids is 2. The number of para-hydroxylation sites is 1. The molecule has 1 atom stereocenters. The Bertz CT molecular complexity index is 677. The number of nitrogens with zero attached hydrogens (tertiary/aromatic N) is 1. The molecule has 21 heavy (non-hydrogen) atoms. The molecule has 0 spiro atoms. The second-order valence-corrected chi connectivity index (χ2v) is 5.33. The minimum absolute atomic E-state index is 0.0523. The van der Waals surface area contributed by atoms with Crippen LogP contribution in [0, 0.1) is 0 Å². The van der Waals surface area contributed by atoms with Crippen LogP contribution in [-0.4, -0.2) is 34.3 Å². The monoisotopic (exact) mass is 285 g/mol. The Balaban J connectivity index is 1.84. The highest BCUT2D eigenvalue weighted by Crippen LogP contribution is 2.25. The number of carbonyl (C=O) groups is 2. The van der Waals surface area contributed by atoms with Crippen LogP contribution in [0.25, 0.3) is 10.9 Å². The summed E-state index contributed by atoms with van der Waals surface area (Å²) >= 11 is 0. The van der Waals surface area contributed by atoms with Crippen LogP contribution in [-0.2, 0) is 16.1 Å². The summed E-state index contributed by atoms with van der Waals surface area (Å²) in [7, 11) is 0. The average Bonchev–Trinajstić information content (AvgIpc) is 3.05. The van der Waals surface area contributed by atoms with Gasteiger partial charge in [0.25, 0.3) is 0 Å².